The number of H-pyrrole nitrogens is 1. The Balaban J connectivity index is 1.43. The number of hydrogen-bond donors (Lipinski definition) is 3. The summed E-state index contributed by atoms with van der Waals surface area (Å²) >= 11 is 53.0. The zero-order valence-corrected chi connectivity index (χ0v) is 40.8. The molecule has 0 unspecified atom stereocenters. The molecule has 328 valence electrons. The van der Waals surface area contributed by atoms with Crippen LogP contribution in [0.3, 0.4) is 0 Å². The van der Waals surface area contributed by atoms with Crippen molar-refractivity contribution >= 4 is 137 Å². The van der Waals surface area contributed by atoms with Crippen molar-refractivity contribution in [2.75, 3.05) is 28.2 Å². The largest absolute Gasteiger partial charge is 0.470 e. The minimum absolute atomic E-state index is 0.00849. The molecule has 1 aromatic heterocycles. The summed E-state index contributed by atoms with van der Waals surface area (Å²) in [6.07, 6.45) is 5.71. The Morgan fingerprint density at radius 3 is 2.05 bits per heavy atom. The molecule has 0 aliphatic carbocycles. The molecule has 0 amide bonds. The SMILES string of the molecule is CCCCCCCCN(c1ccccc1Sc1c(Nc2cc(NCOc3c(Cl)cccc3Cl)ccc2Cl)[nH]n(-c2c(Cl)c(Cl)c(Cl)c(Cl)c2Cl)c1=O)S(=O)(=O)c1ccc(C)cc1. The number of benzene rings is 5. The molecule has 0 radical (unpaired) electrons. The van der Waals surface area contributed by atoms with Gasteiger partial charge in [-0.2, -0.15) is 0 Å². The van der Waals surface area contributed by atoms with E-state index in [1.807, 2.05) is 6.92 Å². The van der Waals surface area contributed by atoms with Crippen LogP contribution in [0.15, 0.2) is 104 Å². The van der Waals surface area contributed by atoms with Gasteiger partial charge in [0.25, 0.3) is 15.6 Å². The summed E-state index contributed by atoms with van der Waals surface area (Å²) < 4.78 is 37.4. The topological polar surface area (TPSA) is 108 Å². The van der Waals surface area contributed by atoms with E-state index < -0.39 is 15.6 Å². The molecule has 0 fully saturated rings. The second kappa shape index (κ2) is 21.7. The number of sulfonamides is 1. The average molecular weight is 1040 g/mol. The van der Waals surface area contributed by atoms with Crippen molar-refractivity contribution in [3.63, 3.8) is 0 Å². The standard InChI is InChI=1S/C43H39Cl8N5O4S2/c1-3-4-5-6-7-10-22-55(62(58,59)27-19-16-25(2)17-20-27)32-14-8-9-15-33(32)61-41-42(54-56(43(41)57)39-37(50)35(48)34(47)36(49)38(39)51)53-31-23-26(18-21-28(31)44)52-24-60-40-29(45)12-11-13-30(40)46/h8-9,11-21,23,52-54H,3-7,10,22,24H2,1-2H3. The maximum Gasteiger partial charge on any atom is 0.287 e. The summed E-state index contributed by atoms with van der Waals surface area (Å²) in [5.74, 6) is 0.458. The quantitative estimate of drug-likeness (QED) is 0.0321. The van der Waals surface area contributed by atoms with Crippen molar-refractivity contribution in [3.8, 4) is 11.4 Å². The number of nitrogens with one attached hydrogen (secondary N) is 3. The van der Waals surface area contributed by atoms with Crippen molar-refractivity contribution in [2.24, 2.45) is 0 Å². The van der Waals surface area contributed by atoms with Crippen LogP contribution in [-0.2, 0) is 10.0 Å². The molecule has 3 N–H and O–H groups in total. The van der Waals surface area contributed by atoms with Gasteiger partial charge in [-0.05, 0) is 67.9 Å². The van der Waals surface area contributed by atoms with Crippen molar-refractivity contribution < 1.29 is 13.2 Å². The Labute approximate surface area is 404 Å². The summed E-state index contributed by atoms with van der Waals surface area (Å²) in [5.41, 5.74) is 1.55. The molecule has 6 rings (SSSR count). The van der Waals surface area contributed by atoms with Crippen molar-refractivity contribution in [3.05, 3.63) is 141 Å². The molecule has 0 spiro atoms. The van der Waals surface area contributed by atoms with Gasteiger partial charge in [-0.1, -0.05) is 179 Å². The zero-order valence-electron chi connectivity index (χ0n) is 33.1. The molecule has 6 aromatic rings. The fourth-order valence-corrected chi connectivity index (χ4v) is 10.9. The summed E-state index contributed by atoms with van der Waals surface area (Å²) in [5, 5.41) is 9.82. The minimum atomic E-state index is -4.07. The highest BCUT2D eigenvalue weighted by Gasteiger charge is 2.30. The lowest BCUT2D eigenvalue weighted by atomic mass is 10.1. The van der Waals surface area contributed by atoms with Gasteiger partial charge in [0.05, 0.1) is 56.5 Å². The summed E-state index contributed by atoms with van der Waals surface area (Å²) in [4.78, 5) is 15.4. The number of aryl methyl sites for hydroxylation is 1. The lowest BCUT2D eigenvalue weighted by molar-refractivity contribution is 0.347. The number of unbranched alkanes of at least 4 members (excludes halogenated alkanes) is 5. The van der Waals surface area contributed by atoms with Crippen LogP contribution >= 0.6 is 105 Å². The van der Waals surface area contributed by atoms with E-state index in [0.717, 1.165) is 54.1 Å². The van der Waals surface area contributed by atoms with Gasteiger partial charge in [0.2, 0.25) is 0 Å². The first-order valence-electron chi connectivity index (χ1n) is 19.2. The predicted molar refractivity (Wildman–Crippen MR) is 261 cm³/mol. The van der Waals surface area contributed by atoms with Crippen LogP contribution in [0.2, 0.25) is 40.2 Å². The van der Waals surface area contributed by atoms with Gasteiger partial charge in [-0.3, -0.25) is 14.2 Å². The highest BCUT2D eigenvalue weighted by molar-refractivity contribution is 7.99. The molecule has 0 aliphatic rings. The minimum Gasteiger partial charge on any atom is -0.470 e. The Morgan fingerprint density at radius 2 is 1.37 bits per heavy atom. The van der Waals surface area contributed by atoms with Gasteiger partial charge < -0.3 is 15.4 Å². The smallest absolute Gasteiger partial charge is 0.287 e. The molecular formula is C43H39Cl8N5O4S2. The number of hydrogen-bond acceptors (Lipinski definition) is 7. The number of para-hydroxylation sites is 2. The second-order valence-electron chi connectivity index (χ2n) is 13.9. The van der Waals surface area contributed by atoms with E-state index in [0.29, 0.717) is 49.2 Å². The number of halogens is 8. The average Bonchev–Trinajstić information content (AvgIpc) is 3.54. The first-order chi connectivity index (χ1) is 29.6. The Kier molecular flexibility index (Phi) is 17.0. The third-order valence-electron chi connectivity index (χ3n) is 9.57. The molecule has 1 heterocycles. The highest BCUT2D eigenvalue weighted by atomic mass is 35.5. The molecule has 0 aliphatic heterocycles. The lowest BCUT2D eigenvalue weighted by Crippen LogP contribution is -2.32. The van der Waals surface area contributed by atoms with Gasteiger partial charge in [0.1, 0.15) is 16.4 Å². The van der Waals surface area contributed by atoms with Crippen LogP contribution in [0, 0.1) is 6.92 Å². The van der Waals surface area contributed by atoms with Crippen LogP contribution < -0.4 is 25.2 Å². The van der Waals surface area contributed by atoms with E-state index >= 15 is 0 Å². The van der Waals surface area contributed by atoms with E-state index in [1.165, 1.54) is 4.31 Å². The predicted octanol–water partition coefficient (Wildman–Crippen LogP) is 15.6. The number of ether oxygens (including phenoxy) is 1. The second-order valence-corrected chi connectivity index (χ2v) is 20.0. The van der Waals surface area contributed by atoms with Gasteiger partial charge in [0, 0.05) is 17.1 Å². The number of nitrogens with zero attached hydrogens (tertiary/aromatic N) is 2. The van der Waals surface area contributed by atoms with Crippen molar-refractivity contribution in [1.82, 2.24) is 9.78 Å². The Morgan fingerprint density at radius 1 is 0.742 bits per heavy atom. The maximum absolute atomic E-state index is 14.7. The third-order valence-corrected chi connectivity index (χ3v) is 15.7. The fraction of sp³-hybridized carbons (Fsp3) is 0.233. The lowest BCUT2D eigenvalue weighted by Gasteiger charge is -2.26. The van der Waals surface area contributed by atoms with Crippen LogP contribution in [-0.4, -0.2) is 31.5 Å². The third kappa shape index (κ3) is 11.1. The van der Waals surface area contributed by atoms with E-state index in [2.05, 4.69) is 22.7 Å². The van der Waals surface area contributed by atoms with Crippen LogP contribution in [0.25, 0.3) is 5.69 Å². The highest BCUT2D eigenvalue weighted by Crippen LogP contribution is 2.47. The first kappa shape index (κ1) is 48.4. The molecule has 62 heavy (non-hydrogen) atoms. The number of anilines is 4. The number of aromatic amines is 1. The van der Waals surface area contributed by atoms with Crippen molar-refractivity contribution in [1.29, 1.82) is 0 Å². The van der Waals surface area contributed by atoms with Crippen LogP contribution in [0.4, 0.5) is 22.9 Å². The summed E-state index contributed by atoms with van der Waals surface area (Å²) in [7, 11) is -4.07. The molecule has 5 aromatic carbocycles. The first-order valence-corrected chi connectivity index (χ1v) is 24.5. The molecule has 0 bridgehead atoms. The maximum atomic E-state index is 14.7. The molecular weight excluding hydrogens is 998 g/mol. The van der Waals surface area contributed by atoms with Crippen LogP contribution in [0.1, 0.15) is 51.0 Å². The van der Waals surface area contributed by atoms with Gasteiger partial charge >= 0.3 is 0 Å². The van der Waals surface area contributed by atoms with E-state index in [-0.39, 0.29) is 59.7 Å². The summed E-state index contributed by atoms with van der Waals surface area (Å²) in [6, 6.07) is 23.8. The monoisotopic (exact) mass is 1030 g/mol. The number of rotatable bonds is 19. The molecule has 19 heteroatoms. The van der Waals surface area contributed by atoms with Crippen molar-refractivity contribution in [2.45, 2.75) is 67.1 Å². The Hall–Kier alpha value is -3.07. The molecule has 0 saturated carbocycles. The number of aromatic nitrogens is 2. The molecule has 0 saturated heterocycles. The molecule has 9 nitrogen and oxygen atoms in total. The zero-order chi connectivity index (χ0) is 44.7. The molecule has 0 atom stereocenters. The van der Waals surface area contributed by atoms with E-state index in [1.54, 1.807) is 84.9 Å². The van der Waals surface area contributed by atoms with E-state index in [4.69, 9.17) is 97.5 Å². The Bertz CT molecular complexity index is 2680. The normalized spacial score (nSPS) is 11.5. The van der Waals surface area contributed by atoms with E-state index in [9.17, 15) is 13.2 Å². The fourth-order valence-electron chi connectivity index (χ4n) is 6.33. The van der Waals surface area contributed by atoms with Crippen LogP contribution in [0.5, 0.6) is 5.75 Å². The van der Waals surface area contributed by atoms with Gasteiger partial charge in [-0.15, -0.1) is 0 Å². The van der Waals surface area contributed by atoms with Gasteiger partial charge in [-0.25, -0.2) is 13.1 Å². The van der Waals surface area contributed by atoms with Gasteiger partial charge in [0.15, 0.2) is 12.5 Å². The summed E-state index contributed by atoms with van der Waals surface area (Å²) in [6.45, 7) is 4.24.